The molecule has 2 aromatic carbocycles. The first-order valence-electron chi connectivity index (χ1n) is 7.86. The molecule has 2 aromatic rings. The van der Waals surface area contributed by atoms with Gasteiger partial charge in [-0.05, 0) is 25.0 Å². The van der Waals surface area contributed by atoms with Gasteiger partial charge in [0.25, 0.3) is 0 Å². The van der Waals surface area contributed by atoms with E-state index < -0.39 is 22.0 Å². The molecule has 2 N–H and O–H groups in total. The van der Waals surface area contributed by atoms with E-state index >= 15 is 0 Å². The maximum Gasteiger partial charge on any atom is 0.322 e. The maximum absolute atomic E-state index is 13.1. The van der Waals surface area contributed by atoms with Gasteiger partial charge in [0.05, 0.1) is 4.90 Å². The summed E-state index contributed by atoms with van der Waals surface area (Å²) in [7, 11) is -3.96. The predicted octanol–water partition coefficient (Wildman–Crippen LogP) is 2.04. The van der Waals surface area contributed by atoms with Gasteiger partial charge in [-0.25, -0.2) is 8.42 Å². The number of aliphatic carboxylic acids is 1. The molecule has 1 atom stereocenters. The topological polar surface area (TPSA) is 104 Å². The van der Waals surface area contributed by atoms with E-state index in [1.165, 1.54) is 19.1 Å². The predicted molar refractivity (Wildman–Crippen MR) is 92.8 cm³/mol. The molecular formula is C17H18N2O5S. The smallest absolute Gasteiger partial charge is 0.322 e. The second-order valence-electron chi connectivity index (χ2n) is 5.95. The highest BCUT2D eigenvalue weighted by Crippen LogP contribution is 2.33. The van der Waals surface area contributed by atoms with Crippen LogP contribution in [0, 0.1) is 0 Å². The van der Waals surface area contributed by atoms with E-state index in [4.69, 9.17) is 0 Å². The number of anilines is 1. The fraction of sp³-hybridized carbons (Fsp3) is 0.294. The van der Waals surface area contributed by atoms with Crippen LogP contribution in [0.15, 0.2) is 41.3 Å². The summed E-state index contributed by atoms with van der Waals surface area (Å²) < 4.78 is 27.2. The molecule has 0 aromatic heterocycles. The first kappa shape index (κ1) is 17.4. The molecule has 1 aliphatic heterocycles. The monoisotopic (exact) mass is 362 g/mol. The molecule has 0 saturated carbocycles. The number of carbonyl (C=O) groups is 2. The second kappa shape index (κ2) is 6.45. The van der Waals surface area contributed by atoms with E-state index in [2.05, 4.69) is 5.32 Å². The van der Waals surface area contributed by atoms with Gasteiger partial charge in [0.2, 0.25) is 15.9 Å². The fourth-order valence-corrected chi connectivity index (χ4v) is 5.04. The van der Waals surface area contributed by atoms with Crippen molar-refractivity contribution in [2.75, 3.05) is 11.9 Å². The molecule has 1 amide bonds. The molecular weight excluding hydrogens is 344 g/mol. The standard InChI is InChI=1S/C17H18N2O5S/c1-11(20)18-14-8-9-16(13-6-3-2-5-12(13)14)25(23,24)19-10-4-7-15(19)17(21)22/h2-3,5-6,8-9,15H,4,7,10H2,1H3,(H,18,20)(H,21,22)/t15-/m1/s1. The van der Waals surface area contributed by atoms with E-state index in [1.54, 1.807) is 24.3 Å². The minimum Gasteiger partial charge on any atom is -0.480 e. The highest BCUT2D eigenvalue weighted by atomic mass is 32.2. The molecule has 1 heterocycles. The molecule has 8 heteroatoms. The van der Waals surface area contributed by atoms with Crippen LogP contribution in [0.25, 0.3) is 10.8 Å². The number of carboxylic acids is 1. The normalized spacial score (nSPS) is 18.4. The molecule has 1 aliphatic rings. The summed E-state index contributed by atoms with van der Waals surface area (Å²) in [6.45, 7) is 1.56. The zero-order valence-electron chi connectivity index (χ0n) is 13.6. The SMILES string of the molecule is CC(=O)Nc1ccc(S(=O)(=O)N2CCC[C@@H]2C(=O)O)c2ccccc12. The first-order valence-corrected chi connectivity index (χ1v) is 9.30. The van der Waals surface area contributed by atoms with Crippen molar-refractivity contribution >= 4 is 38.4 Å². The number of benzene rings is 2. The van der Waals surface area contributed by atoms with Crippen molar-refractivity contribution < 1.29 is 23.1 Å². The Balaban J connectivity index is 2.16. The molecule has 0 aliphatic carbocycles. The third-order valence-electron chi connectivity index (χ3n) is 4.27. The Morgan fingerprint density at radius 3 is 2.48 bits per heavy atom. The number of nitrogens with zero attached hydrogens (tertiary/aromatic N) is 1. The lowest BCUT2D eigenvalue weighted by Gasteiger charge is -2.22. The Bertz CT molecular complexity index is 955. The van der Waals surface area contributed by atoms with Crippen LogP contribution >= 0.6 is 0 Å². The largest absolute Gasteiger partial charge is 0.480 e. The van der Waals surface area contributed by atoms with Crippen LogP contribution in [-0.4, -0.2) is 42.3 Å². The lowest BCUT2D eigenvalue weighted by molar-refractivity contribution is -0.140. The van der Waals surface area contributed by atoms with Crippen molar-refractivity contribution in [2.45, 2.75) is 30.7 Å². The number of hydrogen-bond donors (Lipinski definition) is 2. The first-order chi connectivity index (χ1) is 11.8. The van der Waals surface area contributed by atoms with Gasteiger partial charge in [0, 0.05) is 29.9 Å². The number of hydrogen-bond acceptors (Lipinski definition) is 4. The van der Waals surface area contributed by atoms with E-state index in [9.17, 15) is 23.1 Å². The summed E-state index contributed by atoms with van der Waals surface area (Å²) >= 11 is 0. The van der Waals surface area contributed by atoms with Crippen molar-refractivity contribution in [2.24, 2.45) is 0 Å². The van der Waals surface area contributed by atoms with Crippen LogP contribution < -0.4 is 5.32 Å². The van der Waals surface area contributed by atoms with Gasteiger partial charge in [0.1, 0.15) is 6.04 Å². The highest BCUT2D eigenvalue weighted by molar-refractivity contribution is 7.89. The number of amides is 1. The Labute approximate surface area is 145 Å². The number of sulfonamides is 1. The third kappa shape index (κ3) is 3.10. The molecule has 7 nitrogen and oxygen atoms in total. The average molecular weight is 362 g/mol. The third-order valence-corrected chi connectivity index (χ3v) is 6.24. The van der Waals surface area contributed by atoms with E-state index in [0.29, 0.717) is 29.3 Å². The lowest BCUT2D eigenvalue weighted by Crippen LogP contribution is -2.40. The Hall–Kier alpha value is -2.45. The molecule has 0 unspecified atom stereocenters. The van der Waals surface area contributed by atoms with Gasteiger partial charge < -0.3 is 10.4 Å². The number of fused-ring (bicyclic) bond motifs is 1. The van der Waals surface area contributed by atoms with Crippen LogP contribution in [0.3, 0.4) is 0 Å². The van der Waals surface area contributed by atoms with Gasteiger partial charge in [-0.3, -0.25) is 9.59 Å². The summed E-state index contributed by atoms with van der Waals surface area (Å²) in [4.78, 5) is 22.8. The summed E-state index contributed by atoms with van der Waals surface area (Å²) in [5.41, 5.74) is 0.512. The summed E-state index contributed by atoms with van der Waals surface area (Å²) in [5.74, 6) is -1.40. The van der Waals surface area contributed by atoms with Crippen molar-refractivity contribution in [1.82, 2.24) is 4.31 Å². The van der Waals surface area contributed by atoms with Crippen LogP contribution in [0.5, 0.6) is 0 Å². The number of carboxylic acid groups (broad SMARTS) is 1. The Kier molecular flexibility index (Phi) is 4.49. The Morgan fingerprint density at radius 1 is 1.16 bits per heavy atom. The van der Waals surface area contributed by atoms with Crippen LogP contribution in [0.1, 0.15) is 19.8 Å². The van der Waals surface area contributed by atoms with Crippen molar-refractivity contribution in [3.63, 3.8) is 0 Å². The van der Waals surface area contributed by atoms with Crippen molar-refractivity contribution in [1.29, 1.82) is 0 Å². The molecule has 25 heavy (non-hydrogen) atoms. The molecule has 0 bridgehead atoms. The van der Waals surface area contributed by atoms with Gasteiger partial charge in [0.15, 0.2) is 0 Å². The zero-order valence-corrected chi connectivity index (χ0v) is 14.4. The van der Waals surface area contributed by atoms with Crippen molar-refractivity contribution in [3.8, 4) is 0 Å². The maximum atomic E-state index is 13.1. The summed E-state index contributed by atoms with van der Waals surface area (Å²) in [6, 6.07) is 8.73. The molecule has 0 radical (unpaired) electrons. The van der Waals surface area contributed by atoms with Crippen LogP contribution in [-0.2, 0) is 19.6 Å². The molecule has 0 spiro atoms. The quantitative estimate of drug-likeness (QED) is 0.866. The highest BCUT2D eigenvalue weighted by Gasteiger charge is 2.40. The minimum atomic E-state index is -3.96. The second-order valence-corrected chi connectivity index (χ2v) is 7.81. The Morgan fingerprint density at radius 2 is 1.84 bits per heavy atom. The van der Waals surface area contributed by atoms with E-state index in [1.807, 2.05) is 0 Å². The molecule has 132 valence electrons. The zero-order chi connectivity index (χ0) is 18.2. The number of rotatable bonds is 4. The van der Waals surface area contributed by atoms with E-state index in [0.717, 1.165) is 4.31 Å². The van der Waals surface area contributed by atoms with Gasteiger partial charge in [-0.15, -0.1) is 0 Å². The summed E-state index contributed by atoms with van der Waals surface area (Å²) in [5, 5.41) is 13.0. The van der Waals surface area contributed by atoms with Crippen molar-refractivity contribution in [3.05, 3.63) is 36.4 Å². The summed E-state index contributed by atoms with van der Waals surface area (Å²) in [6.07, 6.45) is 0.814. The van der Waals surface area contributed by atoms with Gasteiger partial charge in [-0.2, -0.15) is 4.31 Å². The van der Waals surface area contributed by atoms with Gasteiger partial charge in [-0.1, -0.05) is 24.3 Å². The molecule has 1 fully saturated rings. The molecule has 3 rings (SSSR count). The minimum absolute atomic E-state index is 0.0466. The molecule has 1 saturated heterocycles. The number of carbonyl (C=O) groups excluding carboxylic acids is 1. The van der Waals surface area contributed by atoms with Crippen LogP contribution in [0.2, 0.25) is 0 Å². The van der Waals surface area contributed by atoms with E-state index in [-0.39, 0.29) is 17.3 Å². The van der Waals surface area contributed by atoms with Gasteiger partial charge >= 0.3 is 5.97 Å². The lowest BCUT2D eigenvalue weighted by atomic mass is 10.1. The average Bonchev–Trinajstić information content (AvgIpc) is 3.05. The fourth-order valence-electron chi connectivity index (χ4n) is 3.20. The van der Waals surface area contributed by atoms with Crippen LogP contribution in [0.4, 0.5) is 5.69 Å². The number of nitrogens with one attached hydrogen (secondary N) is 1.